The second-order valence-electron chi connectivity index (χ2n) is 21.9. The smallest absolute Gasteiger partial charge is 0.251 e. The Morgan fingerprint density at radius 2 is 1.43 bits per heavy atom. The number of nitrogens with one attached hydrogen (secondary N) is 3. The predicted molar refractivity (Wildman–Crippen MR) is 322 cm³/mol. The van der Waals surface area contributed by atoms with E-state index >= 15 is 0 Å². The van der Waals surface area contributed by atoms with Crippen molar-refractivity contribution in [2.24, 2.45) is 11.7 Å². The highest BCUT2D eigenvalue weighted by molar-refractivity contribution is 6.33. The fourth-order valence-corrected chi connectivity index (χ4v) is 10.3. The zero-order chi connectivity index (χ0) is 59.4. The van der Waals surface area contributed by atoms with Crippen LogP contribution in [0.1, 0.15) is 135 Å². The number of aliphatic hydroxyl groups is 2. The van der Waals surface area contributed by atoms with Gasteiger partial charge >= 0.3 is 0 Å². The van der Waals surface area contributed by atoms with Gasteiger partial charge in [-0.1, -0.05) is 77.8 Å². The van der Waals surface area contributed by atoms with Crippen molar-refractivity contribution in [3.05, 3.63) is 159 Å². The van der Waals surface area contributed by atoms with Crippen LogP contribution in [0.2, 0.25) is 10.0 Å². The number of hydrogen-bond donors (Lipinski definition) is 6. The fourth-order valence-electron chi connectivity index (χ4n) is 9.75. The Labute approximate surface area is 490 Å². The highest BCUT2D eigenvalue weighted by Gasteiger charge is 2.27. The van der Waals surface area contributed by atoms with E-state index in [4.69, 9.17) is 48.4 Å². The number of imidazole rings is 2. The summed E-state index contributed by atoms with van der Waals surface area (Å²) in [6.45, 7) is 14.2. The number of pyridine rings is 1. The summed E-state index contributed by atoms with van der Waals surface area (Å²) in [5, 5.41) is 29.6. The molecule has 7 aromatic rings. The Morgan fingerprint density at radius 3 is 2.00 bits per heavy atom. The number of ether oxygens (including phenoxy) is 2. The number of halogens is 2. The van der Waals surface area contributed by atoms with Gasteiger partial charge in [0.05, 0.1) is 58.4 Å². The molecule has 82 heavy (non-hydrogen) atoms. The van der Waals surface area contributed by atoms with Gasteiger partial charge in [-0.15, -0.1) is 0 Å². The van der Waals surface area contributed by atoms with Gasteiger partial charge in [0, 0.05) is 73.0 Å². The van der Waals surface area contributed by atoms with Crippen LogP contribution in [0.15, 0.2) is 110 Å². The molecule has 1 fully saturated rings. The zero-order valence-corrected chi connectivity index (χ0v) is 49.7. The Balaban J connectivity index is 0.000000236. The number of benzene rings is 4. The standard InChI is InChI=1S/C32H38ClN5O4.C31H39ClN4O4/c1-20(2)42-29-13-12-24(16-27(29)33)32(41)35-25(17-34-30(40)19-37(4)5)15-22-8-10-23(11-9-22)28-18-38-14-6-7-26(21(3)39)31(38)36-28;1-18(2)40-27-12-11-25(30(33)39)28(29(27)32)24(13-14-37)15-21-7-9-23(10-8-21)26-17-36(16-22-5-6-22)31(35-26)19(3)34-20(4)38/h6-14,16,18,20-21,25,39H,15,17,19H2,1-5H3,(H,34,40)(H,35,41);7-12,17-19,22,24,37H,5-6,13-16H2,1-4H3,(H2,33,39)(H,34,38). The van der Waals surface area contributed by atoms with E-state index in [0.29, 0.717) is 69.1 Å². The molecule has 17 nitrogen and oxygen atoms in total. The van der Waals surface area contributed by atoms with Gasteiger partial charge in [0.25, 0.3) is 5.91 Å². The lowest BCUT2D eigenvalue weighted by atomic mass is 9.86. The lowest BCUT2D eigenvalue weighted by Crippen LogP contribution is -2.46. The van der Waals surface area contributed by atoms with Crippen molar-refractivity contribution in [2.45, 2.75) is 123 Å². The Bertz CT molecular complexity index is 3320. The molecule has 3 heterocycles. The number of rotatable bonds is 25. The number of likely N-dealkylation sites (N-methyl/N-ethyl adjacent to an activating group) is 1. The lowest BCUT2D eigenvalue weighted by molar-refractivity contribution is -0.122. The van der Waals surface area contributed by atoms with Crippen molar-refractivity contribution in [2.75, 3.05) is 33.8 Å². The summed E-state index contributed by atoms with van der Waals surface area (Å²) in [4.78, 5) is 60.9. The number of aromatic nitrogens is 4. The maximum Gasteiger partial charge on any atom is 0.251 e. The summed E-state index contributed by atoms with van der Waals surface area (Å²) in [5.74, 6) is 1.19. The van der Waals surface area contributed by atoms with Gasteiger partial charge in [-0.3, -0.25) is 19.2 Å². The molecule has 1 aliphatic rings. The number of nitrogens with two attached hydrogens (primary N) is 1. The summed E-state index contributed by atoms with van der Waals surface area (Å²) in [6, 6.07) is 27.5. The molecule has 0 aliphatic heterocycles. The minimum Gasteiger partial charge on any atom is -0.489 e. The molecule has 0 bridgehead atoms. The minimum absolute atomic E-state index is 0.0434. The third-order valence-corrected chi connectivity index (χ3v) is 14.4. The van der Waals surface area contributed by atoms with E-state index in [1.165, 1.54) is 19.8 Å². The Hall–Kier alpha value is -7.28. The van der Waals surface area contributed by atoms with Crippen LogP contribution in [0, 0.1) is 5.92 Å². The van der Waals surface area contributed by atoms with Crippen molar-refractivity contribution in [3.8, 4) is 34.0 Å². The van der Waals surface area contributed by atoms with Crippen LogP contribution in [0.4, 0.5) is 0 Å². The molecule has 4 atom stereocenters. The number of hydrogen-bond acceptors (Lipinski definition) is 11. The number of fused-ring (bicyclic) bond motifs is 1. The summed E-state index contributed by atoms with van der Waals surface area (Å²) < 4.78 is 15.6. The number of carbonyl (C=O) groups is 4. The molecule has 0 saturated heterocycles. The second kappa shape index (κ2) is 28.6. The topological polar surface area (TPSA) is 228 Å². The summed E-state index contributed by atoms with van der Waals surface area (Å²) in [7, 11) is 3.65. The first kappa shape index (κ1) is 62.3. The maximum absolute atomic E-state index is 13.2. The molecular weight excluding hydrogens is 1080 g/mol. The van der Waals surface area contributed by atoms with Crippen LogP contribution in [0.3, 0.4) is 0 Å². The quantitative estimate of drug-likeness (QED) is 0.0316. The third-order valence-electron chi connectivity index (χ3n) is 13.7. The first-order chi connectivity index (χ1) is 39.1. The Kier molecular flexibility index (Phi) is 21.7. The van der Waals surface area contributed by atoms with Gasteiger partial charge in [-0.2, -0.15) is 0 Å². The van der Waals surface area contributed by atoms with E-state index < -0.39 is 12.0 Å². The third kappa shape index (κ3) is 17.1. The molecular formula is C63H77Cl2N9O8. The van der Waals surface area contributed by atoms with E-state index in [0.717, 1.165) is 51.6 Å². The molecule has 19 heteroatoms. The first-order valence-electron chi connectivity index (χ1n) is 27.8. The van der Waals surface area contributed by atoms with Crippen molar-refractivity contribution >= 4 is 52.5 Å². The van der Waals surface area contributed by atoms with E-state index in [-0.39, 0.29) is 67.6 Å². The molecule has 1 saturated carbocycles. The van der Waals surface area contributed by atoms with Gasteiger partial charge < -0.3 is 55.2 Å². The van der Waals surface area contributed by atoms with Gasteiger partial charge in [-0.05, 0) is 153 Å². The van der Waals surface area contributed by atoms with E-state index in [9.17, 15) is 29.4 Å². The molecule has 3 aromatic heterocycles. The normalized spacial score (nSPS) is 13.8. The zero-order valence-electron chi connectivity index (χ0n) is 48.2. The van der Waals surface area contributed by atoms with Gasteiger partial charge in [0.15, 0.2) is 0 Å². The van der Waals surface area contributed by atoms with Crippen molar-refractivity contribution in [3.63, 3.8) is 0 Å². The summed E-state index contributed by atoms with van der Waals surface area (Å²) in [5.41, 5.74) is 14.1. The molecule has 1 aliphatic carbocycles. The molecule has 0 spiro atoms. The number of carbonyl (C=O) groups excluding carboxylic acids is 4. The highest BCUT2D eigenvalue weighted by Crippen LogP contribution is 2.40. The molecule has 4 amide bonds. The van der Waals surface area contributed by atoms with E-state index in [1.54, 1.807) is 42.2 Å². The number of primary amides is 1. The van der Waals surface area contributed by atoms with Crippen LogP contribution in [-0.4, -0.2) is 110 Å². The molecule has 436 valence electrons. The van der Waals surface area contributed by atoms with E-state index in [2.05, 4.69) is 26.7 Å². The molecule has 4 unspecified atom stereocenters. The fraction of sp³-hybridized carbons (Fsp3) is 0.397. The SMILES string of the molecule is CC(=O)NC(C)c1nc(-c2ccc(CC(CCO)c3c(C(N)=O)ccc(OC(C)C)c3Cl)cc2)cn1CC1CC1.CC(C)Oc1ccc(C(=O)NC(CNC(=O)CN(C)C)Cc2ccc(-c3cn4cccc(C(C)O)c4n3)cc2)cc1Cl. The van der Waals surface area contributed by atoms with Crippen molar-refractivity contribution in [1.29, 1.82) is 0 Å². The van der Waals surface area contributed by atoms with Crippen LogP contribution in [0.25, 0.3) is 28.2 Å². The first-order valence-corrected chi connectivity index (χ1v) is 28.6. The summed E-state index contributed by atoms with van der Waals surface area (Å²) in [6.07, 6.45) is 9.03. The van der Waals surface area contributed by atoms with Crippen LogP contribution in [0.5, 0.6) is 11.5 Å². The number of nitrogens with zero attached hydrogens (tertiary/aromatic N) is 5. The van der Waals surface area contributed by atoms with Gasteiger partial charge in [0.1, 0.15) is 23.0 Å². The van der Waals surface area contributed by atoms with Crippen molar-refractivity contribution < 1.29 is 38.9 Å². The van der Waals surface area contributed by atoms with Gasteiger partial charge in [-0.25, -0.2) is 9.97 Å². The highest BCUT2D eigenvalue weighted by atomic mass is 35.5. The number of amides is 4. The molecule has 4 aromatic carbocycles. The minimum atomic E-state index is -0.626. The number of aliphatic hydroxyl groups excluding tert-OH is 2. The molecule has 7 N–H and O–H groups in total. The predicted octanol–water partition coefficient (Wildman–Crippen LogP) is 9.92. The van der Waals surface area contributed by atoms with Gasteiger partial charge in [0.2, 0.25) is 17.7 Å². The van der Waals surface area contributed by atoms with Crippen LogP contribution in [-0.2, 0) is 29.0 Å². The molecule has 8 rings (SSSR count). The Morgan fingerprint density at radius 1 is 0.805 bits per heavy atom. The average molecular weight is 1160 g/mol. The molecule has 0 radical (unpaired) electrons. The largest absolute Gasteiger partial charge is 0.489 e. The second-order valence-corrected chi connectivity index (χ2v) is 22.7. The lowest BCUT2D eigenvalue weighted by Gasteiger charge is -2.23. The van der Waals surface area contributed by atoms with Crippen LogP contribution >= 0.6 is 23.2 Å². The van der Waals surface area contributed by atoms with E-state index in [1.807, 2.05) is 126 Å². The maximum atomic E-state index is 13.2. The van der Waals surface area contributed by atoms with Crippen LogP contribution < -0.4 is 31.2 Å². The monoisotopic (exact) mass is 1160 g/mol. The van der Waals surface area contributed by atoms with Crippen molar-refractivity contribution in [1.82, 2.24) is 39.8 Å². The average Bonchev–Trinajstić information content (AvgIpc) is 3.96. The summed E-state index contributed by atoms with van der Waals surface area (Å²) >= 11 is 13.1.